The molecular formula is C18H25N3O4. The van der Waals surface area contributed by atoms with Crippen LogP contribution in [0.25, 0.3) is 0 Å². The second-order valence-electron chi connectivity index (χ2n) is 6.73. The molecule has 25 heavy (non-hydrogen) atoms. The number of nitrogens with zero attached hydrogens (tertiary/aromatic N) is 3. The first-order chi connectivity index (χ1) is 12.1. The van der Waals surface area contributed by atoms with Crippen LogP contribution >= 0.6 is 0 Å². The maximum atomic E-state index is 13.0. The van der Waals surface area contributed by atoms with Crippen LogP contribution in [0.2, 0.25) is 0 Å². The van der Waals surface area contributed by atoms with Gasteiger partial charge >= 0.3 is 5.97 Å². The average molecular weight is 347 g/mol. The van der Waals surface area contributed by atoms with Crippen LogP contribution in [0, 0.1) is 0 Å². The fraction of sp³-hybridized carbons (Fsp3) is 0.611. The highest BCUT2D eigenvalue weighted by molar-refractivity contribution is 5.99. The van der Waals surface area contributed by atoms with E-state index in [9.17, 15) is 9.59 Å². The van der Waals surface area contributed by atoms with Gasteiger partial charge in [0, 0.05) is 25.8 Å². The van der Waals surface area contributed by atoms with Gasteiger partial charge in [0.25, 0.3) is 5.91 Å². The summed E-state index contributed by atoms with van der Waals surface area (Å²) < 4.78 is 5.21. The molecule has 1 aromatic rings. The van der Waals surface area contributed by atoms with Gasteiger partial charge in [0.1, 0.15) is 5.82 Å². The minimum atomic E-state index is -1.04. The summed E-state index contributed by atoms with van der Waals surface area (Å²) in [7, 11) is 1.99. The third-order valence-corrected chi connectivity index (χ3v) is 5.10. The predicted octanol–water partition coefficient (Wildman–Crippen LogP) is 1.78. The largest absolute Gasteiger partial charge is 0.479 e. The lowest BCUT2D eigenvalue weighted by atomic mass is 9.94. The molecule has 2 fully saturated rings. The summed E-state index contributed by atoms with van der Waals surface area (Å²) in [6, 6.07) is 3.92. The lowest BCUT2D eigenvalue weighted by molar-refractivity contribution is -0.154. The van der Waals surface area contributed by atoms with E-state index in [2.05, 4.69) is 9.88 Å². The molecule has 1 saturated carbocycles. The molecule has 2 heterocycles. The molecule has 0 spiro atoms. The molecule has 1 saturated heterocycles. The van der Waals surface area contributed by atoms with Gasteiger partial charge in [0.15, 0.2) is 6.10 Å². The Labute approximate surface area is 147 Å². The maximum Gasteiger partial charge on any atom is 0.334 e. The molecule has 1 amide bonds. The van der Waals surface area contributed by atoms with Crippen molar-refractivity contribution in [1.82, 2.24) is 9.88 Å². The third-order valence-electron chi connectivity index (χ3n) is 5.10. The first-order valence-corrected chi connectivity index (χ1v) is 8.89. The van der Waals surface area contributed by atoms with Crippen molar-refractivity contribution in [3.63, 3.8) is 0 Å². The van der Waals surface area contributed by atoms with Crippen molar-refractivity contribution >= 4 is 17.7 Å². The lowest BCUT2D eigenvalue weighted by Crippen LogP contribution is -2.49. The van der Waals surface area contributed by atoms with Gasteiger partial charge in [0.05, 0.1) is 18.7 Å². The third kappa shape index (κ3) is 3.92. The van der Waals surface area contributed by atoms with Crippen molar-refractivity contribution in [2.75, 3.05) is 31.6 Å². The number of hydrogen-bond acceptors (Lipinski definition) is 5. The Morgan fingerprint density at radius 3 is 2.80 bits per heavy atom. The Kier molecular flexibility index (Phi) is 5.53. The number of hydrogen-bond donors (Lipinski definition) is 1. The minimum absolute atomic E-state index is 0.0651. The normalized spacial score (nSPS) is 21.8. The first-order valence-electron chi connectivity index (χ1n) is 8.89. The Morgan fingerprint density at radius 1 is 1.32 bits per heavy atom. The van der Waals surface area contributed by atoms with E-state index in [1.54, 1.807) is 23.2 Å². The highest BCUT2D eigenvalue weighted by Gasteiger charge is 2.31. The van der Waals surface area contributed by atoms with E-state index in [1.807, 2.05) is 7.05 Å². The predicted molar refractivity (Wildman–Crippen MR) is 92.8 cm³/mol. The van der Waals surface area contributed by atoms with Gasteiger partial charge in [-0.15, -0.1) is 0 Å². The van der Waals surface area contributed by atoms with Gasteiger partial charge in [-0.05, 0) is 25.0 Å². The van der Waals surface area contributed by atoms with Gasteiger partial charge in [-0.1, -0.05) is 19.3 Å². The summed E-state index contributed by atoms with van der Waals surface area (Å²) in [5.74, 6) is -0.540. The second-order valence-corrected chi connectivity index (χ2v) is 6.73. The Bertz CT molecular complexity index is 631. The van der Waals surface area contributed by atoms with Crippen molar-refractivity contribution in [1.29, 1.82) is 0 Å². The molecule has 7 nitrogen and oxygen atoms in total. The van der Waals surface area contributed by atoms with Crippen LogP contribution in [0.1, 0.15) is 42.5 Å². The number of carboxylic acid groups (broad SMARTS) is 1. The standard InChI is InChI=1S/C18H25N3O4/c1-20(13-6-3-2-4-7-13)16-14(8-5-9-19-16)17(22)21-10-11-25-15(12-21)18(23)24/h5,8-9,13,15H,2-4,6-7,10-12H2,1H3,(H,23,24)/t15-/m0/s1. The van der Waals surface area contributed by atoms with E-state index in [0.717, 1.165) is 12.8 Å². The fourth-order valence-electron chi connectivity index (χ4n) is 3.64. The van der Waals surface area contributed by atoms with Crippen molar-refractivity contribution in [3.8, 4) is 0 Å². The number of rotatable bonds is 4. The zero-order chi connectivity index (χ0) is 17.8. The van der Waals surface area contributed by atoms with E-state index in [0.29, 0.717) is 24.0 Å². The molecule has 0 unspecified atom stereocenters. The molecule has 3 rings (SSSR count). The zero-order valence-electron chi connectivity index (χ0n) is 14.6. The van der Waals surface area contributed by atoms with Gasteiger partial charge in [-0.3, -0.25) is 4.79 Å². The molecule has 0 radical (unpaired) electrons. The number of aliphatic carboxylic acids is 1. The van der Waals surface area contributed by atoms with Crippen LogP contribution in [0.3, 0.4) is 0 Å². The van der Waals surface area contributed by atoms with Crippen LogP contribution in [0.15, 0.2) is 18.3 Å². The molecule has 1 aromatic heterocycles. The van der Waals surface area contributed by atoms with E-state index in [1.165, 1.54) is 19.3 Å². The molecule has 0 bridgehead atoms. The van der Waals surface area contributed by atoms with E-state index in [4.69, 9.17) is 9.84 Å². The summed E-state index contributed by atoms with van der Waals surface area (Å²) in [4.78, 5) is 32.3. The Balaban J connectivity index is 1.79. The van der Waals surface area contributed by atoms with Crippen molar-refractivity contribution in [3.05, 3.63) is 23.9 Å². The number of carbonyl (C=O) groups is 2. The number of carboxylic acids is 1. The molecule has 1 atom stereocenters. The molecule has 1 aliphatic heterocycles. The van der Waals surface area contributed by atoms with Gasteiger partial charge in [-0.2, -0.15) is 0 Å². The van der Waals surface area contributed by atoms with E-state index in [-0.39, 0.29) is 19.1 Å². The summed E-state index contributed by atoms with van der Waals surface area (Å²) in [6.45, 7) is 0.691. The van der Waals surface area contributed by atoms with Crippen LogP contribution in [-0.2, 0) is 9.53 Å². The van der Waals surface area contributed by atoms with Crippen LogP contribution in [0.5, 0.6) is 0 Å². The van der Waals surface area contributed by atoms with Gasteiger partial charge in [-0.25, -0.2) is 9.78 Å². The number of anilines is 1. The molecule has 7 heteroatoms. The zero-order valence-corrected chi connectivity index (χ0v) is 14.6. The summed E-state index contributed by atoms with van der Waals surface area (Å²) >= 11 is 0. The first kappa shape index (κ1) is 17.7. The van der Waals surface area contributed by atoms with Gasteiger partial charge < -0.3 is 19.6 Å². The van der Waals surface area contributed by atoms with Crippen LogP contribution in [-0.4, -0.2) is 65.8 Å². The highest BCUT2D eigenvalue weighted by atomic mass is 16.5. The Hall–Kier alpha value is -2.15. The van der Waals surface area contributed by atoms with E-state index >= 15 is 0 Å². The second kappa shape index (κ2) is 7.82. The van der Waals surface area contributed by atoms with Crippen molar-refractivity contribution in [2.45, 2.75) is 44.2 Å². The summed E-state index contributed by atoms with van der Waals surface area (Å²) in [6.07, 6.45) is 6.63. The molecule has 136 valence electrons. The van der Waals surface area contributed by atoms with Crippen LogP contribution in [0.4, 0.5) is 5.82 Å². The quantitative estimate of drug-likeness (QED) is 0.894. The van der Waals surface area contributed by atoms with Crippen LogP contribution < -0.4 is 4.90 Å². The molecule has 1 aliphatic carbocycles. The summed E-state index contributed by atoms with van der Waals surface area (Å²) in [5, 5.41) is 9.14. The number of aromatic nitrogens is 1. The SMILES string of the molecule is CN(c1ncccc1C(=O)N1CCO[C@H](C(=O)O)C1)C1CCCCC1. The molecular weight excluding hydrogens is 322 g/mol. The summed E-state index contributed by atoms with van der Waals surface area (Å²) in [5.41, 5.74) is 0.529. The lowest BCUT2D eigenvalue weighted by Gasteiger charge is -2.35. The average Bonchev–Trinajstić information content (AvgIpc) is 2.67. The fourth-order valence-corrected chi connectivity index (χ4v) is 3.64. The molecule has 2 aliphatic rings. The number of pyridine rings is 1. The smallest absolute Gasteiger partial charge is 0.334 e. The number of ether oxygens (including phenoxy) is 1. The number of carbonyl (C=O) groups excluding carboxylic acids is 1. The van der Waals surface area contributed by atoms with Crippen molar-refractivity contribution in [2.24, 2.45) is 0 Å². The topological polar surface area (TPSA) is 83.0 Å². The highest BCUT2D eigenvalue weighted by Crippen LogP contribution is 2.27. The van der Waals surface area contributed by atoms with Crippen molar-refractivity contribution < 1.29 is 19.4 Å². The molecule has 1 N–H and O–H groups in total. The maximum absolute atomic E-state index is 13.0. The number of amides is 1. The minimum Gasteiger partial charge on any atom is -0.479 e. The number of morpholine rings is 1. The van der Waals surface area contributed by atoms with Gasteiger partial charge in [0.2, 0.25) is 0 Å². The Morgan fingerprint density at radius 2 is 2.08 bits per heavy atom. The monoisotopic (exact) mass is 347 g/mol. The van der Waals surface area contributed by atoms with E-state index < -0.39 is 12.1 Å². The molecule has 0 aromatic carbocycles.